The Kier molecular flexibility index (Phi) is 6.82. The molecule has 1 aliphatic carbocycles. The van der Waals surface area contributed by atoms with E-state index < -0.39 is 24.5 Å². The quantitative estimate of drug-likeness (QED) is 0.252. The van der Waals surface area contributed by atoms with Crippen LogP contribution >= 0.6 is 0 Å². The zero-order valence-electron chi connectivity index (χ0n) is 21.1. The molecule has 2 aliphatic rings. The van der Waals surface area contributed by atoms with E-state index in [-0.39, 0.29) is 5.92 Å². The Morgan fingerprint density at radius 1 is 0.923 bits per heavy atom. The van der Waals surface area contributed by atoms with Crippen molar-refractivity contribution in [2.75, 3.05) is 6.61 Å². The van der Waals surface area contributed by atoms with Crippen LogP contribution in [0.15, 0.2) is 111 Å². The maximum Gasteiger partial charge on any atom is 0.338 e. The summed E-state index contributed by atoms with van der Waals surface area (Å²) in [6.45, 7) is -0.445. The van der Waals surface area contributed by atoms with Crippen LogP contribution in [-0.2, 0) is 9.53 Å². The summed E-state index contributed by atoms with van der Waals surface area (Å²) in [6, 6.07) is 22.9. The molecule has 2 atom stereocenters. The summed E-state index contributed by atoms with van der Waals surface area (Å²) in [5.74, 6) is 1.61. The Balaban J connectivity index is 1.16. The molecule has 196 valence electrons. The van der Waals surface area contributed by atoms with Gasteiger partial charge < -0.3 is 18.3 Å². The van der Waals surface area contributed by atoms with Crippen LogP contribution < -0.4 is 4.74 Å². The predicted molar refractivity (Wildman–Crippen MR) is 143 cm³/mol. The summed E-state index contributed by atoms with van der Waals surface area (Å²) in [4.78, 5) is 26.1. The van der Waals surface area contributed by atoms with Crippen LogP contribution in [0.2, 0.25) is 0 Å². The summed E-state index contributed by atoms with van der Waals surface area (Å²) in [5, 5.41) is 6.14. The molecule has 0 saturated heterocycles. The van der Waals surface area contributed by atoms with E-state index in [1.165, 1.54) is 5.01 Å². The number of hydrogen-bond acceptors (Lipinski definition) is 7. The van der Waals surface area contributed by atoms with Crippen LogP contribution in [0.1, 0.15) is 47.2 Å². The van der Waals surface area contributed by atoms with Crippen molar-refractivity contribution in [1.82, 2.24) is 5.01 Å². The molecule has 0 spiro atoms. The van der Waals surface area contributed by atoms with Gasteiger partial charge in [0.25, 0.3) is 5.91 Å². The van der Waals surface area contributed by atoms with Gasteiger partial charge in [0.05, 0.1) is 23.8 Å². The highest BCUT2D eigenvalue weighted by atomic mass is 16.5. The van der Waals surface area contributed by atoms with E-state index in [0.29, 0.717) is 22.8 Å². The summed E-state index contributed by atoms with van der Waals surface area (Å²) in [6.07, 6.45) is 7.84. The van der Waals surface area contributed by atoms with E-state index in [1.807, 2.05) is 54.6 Å². The van der Waals surface area contributed by atoms with Gasteiger partial charge in [0, 0.05) is 5.92 Å². The molecule has 6 rings (SSSR count). The maximum atomic E-state index is 13.4. The number of furan rings is 2. The molecule has 2 unspecified atom stereocenters. The minimum absolute atomic E-state index is 0.0251. The molecule has 0 N–H and O–H groups in total. The number of fused-ring (bicyclic) bond motifs is 1. The Labute approximate surface area is 225 Å². The number of hydrogen-bond donors (Lipinski definition) is 0. The molecule has 1 amide bonds. The Morgan fingerprint density at radius 2 is 1.69 bits per heavy atom. The summed E-state index contributed by atoms with van der Waals surface area (Å²) < 4.78 is 22.4. The first-order valence-electron chi connectivity index (χ1n) is 12.8. The first-order chi connectivity index (χ1) is 19.2. The van der Waals surface area contributed by atoms with E-state index in [0.717, 1.165) is 36.3 Å². The third kappa shape index (κ3) is 5.27. The Hall–Kier alpha value is -4.85. The van der Waals surface area contributed by atoms with Crippen molar-refractivity contribution in [3.05, 3.63) is 114 Å². The van der Waals surface area contributed by atoms with E-state index in [2.05, 4.69) is 0 Å². The molecule has 8 heteroatoms. The van der Waals surface area contributed by atoms with Gasteiger partial charge in [-0.25, -0.2) is 9.80 Å². The molecule has 39 heavy (non-hydrogen) atoms. The number of hydrazone groups is 1. The molecule has 1 aliphatic heterocycles. The van der Waals surface area contributed by atoms with Crippen molar-refractivity contribution >= 4 is 23.7 Å². The van der Waals surface area contributed by atoms with Gasteiger partial charge >= 0.3 is 5.97 Å². The van der Waals surface area contributed by atoms with Crippen LogP contribution in [0.5, 0.6) is 11.5 Å². The molecule has 2 aromatic heterocycles. The number of esters is 1. The number of carbonyl (C=O) groups is 2. The highest BCUT2D eigenvalue weighted by Crippen LogP contribution is 2.44. The van der Waals surface area contributed by atoms with Gasteiger partial charge in [-0.05, 0) is 91.6 Å². The average molecular weight is 523 g/mol. The minimum Gasteiger partial charge on any atom is -0.467 e. The number of nitrogens with zero attached hydrogens (tertiary/aromatic N) is 2. The molecule has 1 saturated carbocycles. The first-order valence-corrected chi connectivity index (χ1v) is 12.8. The molecule has 0 radical (unpaired) electrons. The minimum atomic E-state index is -0.605. The highest BCUT2D eigenvalue weighted by molar-refractivity contribution is 6.08. The van der Waals surface area contributed by atoms with E-state index >= 15 is 0 Å². The number of carbonyl (C=O) groups excluding carboxylic acids is 2. The number of para-hydroxylation sites is 1. The number of allylic oxidation sites excluding steroid dienone is 1. The zero-order chi connectivity index (χ0) is 26.6. The number of ether oxygens (including phenoxy) is 2. The van der Waals surface area contributed by atoms with Crippen LogP contribution in [0, 0.1) is 5.92 Å². The van der Waals surface area contributed by atoms with Gasteiger partial charge in [-0.15, -0.1) is 0 Å². The van der Waals surface area contributed by atoms with Gasteiger partial charge in [-0.2, -0.15) is 5.10 Å². The molecule has 3 heterocycles. The summed E-state index contributed by atoms with van der Waals surface area (Å²) in [5.41, 5.74) is 2.19. The van der Waals surface area contributed by atoms with Crippen LogP contribution in [0.25, 0.3) is 6.08 Å². The van der Waals surface area contributed by atoms with Crippen LogP contribution in [-0.4, -0.2) is 29.2 Å². The van der Waals surface area contributed by atoms with Crippen LogP contribution in [0.4, 0.5) is 0 Å². The Bertz CT molecular complexity index is 1490. The number of amides is 1. The van der Waals surface area contributed by atoms with Gasteiger partial charge in [0.15, 0.2) is 6.61 Å². The summed E-state index contributed by atoms with van der Waals surface area (Å²) >= 11 is 0. The molecule has 0 bridgehead atoms. The lowest BCUT2D eigenvalue weighted by molar-refractivity contribution is -0.137. The van der Waals surface area contributed by atoms with Gasteiger partial charge in [-0.1, -0.05) is 18.2 Å². The fourth-order valence-corrected chi connectivity index (χ4v) is 5.05. The third-order valence-corrected chi connectivity index (χ3v) is 6.85. The standard InChI is InChI=1S/C31H26N2O6/c34-28(20-38-31(35)21-13-15-24(16-14-21)39-23-8-2-1-3-9-23)33-30(27-12-6-18-37-27)26-11-4-7-22(29(26)32-33)19-25-10-5-17-36-25/h1-3,5-6,8-10,12-19,26,30H,4,7,11,20H2. The van der Waals surface area contributed by atoms with Crippen LogP contribution in [0.3, 0.4) is 0 Å². The second-order valence-corrected chi connectivity index (χ2v) is 9.38. The van der Waals surface area contributed by atoms with Crippen molar-refractivity contribution in [1.29, 1.82) is 0 Å². The third-order valence-electron chi connectivity index (χ3n) is 6.85. The van der Waals surface area contributed by atoms with E-state index in [4.69, 9.17) is 23.4 Å². The monoisotopic (exact) mass is 522 g/mol. The Morgan fingerprint density at radius 3 is 2.44 bits per heavy atom. The molecule has 8 nitrogen and oxygen atoms in total. The first kappa shape index (κ1) is 24.5. The lowest BCUT2D eigenvalue weighted by atomic mass is 9.79. The second kappa shape index (κ2) is 10.9. The van der Waals surface area contributed by atoms with Crippen molar-refractivity contribution in [2.24, 2.45) is 11.0 Å². The topological polar surface area (TPSA) is 94.5 Å². The second-order valence-electron chi connectivity index (χ2n) is 9.38. The lowest BCUT2D eigenvalue weighted by Crippen LogP contribution is -2.34. The highest BCUT2D eigenvalue weighted by Gasteiger charge is 2.45. The smallest absolute Gasteiger partial charge is 0.338 e. The molecular weight excluding hydrogens is 496 g/mol. The number of benzene rings is 2. The van der Waals surface area contributed by atoms with E-state index in [9.17, 15) is 9.59 Å². The van der Waals surface area contributed by atoms with Crippen molar-refractivity contribution in [3.63, 3.8) is 0 Å². The van der Waals surface area contributed by atoms with Gasteiger partial charge in [-0.3, -0.25) is 4.79 Å². The number of rotatable bonds is 7. The lowest BCUT2D eigenvalue weighted by Gasteiger charge is -2.27. The van der Waals surface area contributed by atoms with Crippen molar-refractivity contribution < 1.29 is 27.9 Å². The van der Waals surface area contributed by atoms with Crippen molar-refractivity contribution in [2.45, 2.75) is 25.3 Å². The predicted octanol–water partition coefficient (Wildman–Crippen LogP) is 6.64. The maximum absolute atomic E-state index is 13.4. The summed E-state index contributed by atoms with van der Waals surface area (Å²) in [7, 11) is 0. The zero-order valence-corrected chi connectivity index (χ0v) is 21.1. The normalized spacial score (nSPS) is 19.4. The van der Waals surface area contributed by atoms with Gasteiger partial charge in [0.1, 0.15) is 29.1 Å². The fraction of sp³-hybridized carbons (Fsp3) is 0.194. The average Bonchev–Trinajstić information content (AvgIpc) is 3.74. The molecular formula is C31H26N2O6. The fourth-order valence-electron chi connectivity index (χ4n) is 5.05. The van der Waals surface area contributed by atoms with Gasteiger partial charge in [0.2, 0.25) is 0 Å². The SMILES string of the molecule is O=C(OCC(=O)N1N=C2C(=Cc3ccco3)CCCC2C1c1ccco1)c1ccc(Oc2ccccc2)cc1. The molecule has 1 fully saturated rings. The molecule has 4 aromatic rings. The van der Waals surface area contributed by atoms with E-state index in [1.54, 1.807) is 42.9 Å². The largest absolute Gasteiger partial charge is 0.467 e. The molecule has 2 aromatic carbocycles. The van der Waals surface area contributed by atoms with Crippen molar-refractivity contribution in [3.8, 4) is 11.5 Å².